The second-order valence-electron chi connectivity index (χ2n) is 8.92. The summed E-state index contributed by atoms with van der Waals surface area (Å²) in [6.45, 7) is 7.57. The van der Waals surface area contributed by atoms with Crippen molar-refractivity contribution in [3.05, 3.63) is 82.4 Å². The summed E-state index contributed by atoms with van der Waals surface area (Å²) in [7, 11) is 3.33. The number of methoxy groups -OCH3 is 2. The molecule has 0 saturated carbocycles. The maximum Gasteiger partial charge on any atom is 0.174 e. The molecule has 0 aliphatic carbocycles. The van der Waals surface area contributed by atoms with E-state index in [1.165, 1.54) is 16.7 Å². The highest BCUT2D eigenvalue weighted by atomic mass is 32.1. The number of hydrogen-bond acceptors (Lipinski definition) is 4. The molecule has 0 aromatic heterocycles. The van der Waals surface area contributed by atoms with Crippen molar-refractivity contribution in [1.29, 1.82) is 0 Å². The lowest BCUT2D eigenvalue weighted by molar-refractivity contribution is 0.190. The molecule has 184 valence electrons. The number of ether oxygens (including phenoxy) is 3. The zero-order chi connectivity index (χ0) is 24.9. The molecule has 4 rings (SSSR count). The summed E-state index contributed by atoms with van der Waals surface area (Å²) in [5, 5.41) is 4.18. The summed E-state index contributed by atoms with van der Waals surface area (Å²) in [5.74, 6) is 2.30. The van der Waals surface area contributed by atoms with E-state index in [0.717, 1.165) is 47.7 Å². The van der Waals surface area contributed by atoms with Crippen LogP contribution in [0.3, 0.4) is 0 Å². The van der Waals surface area contributed by atoms with Gasteiger partial charge in [0.25, 0.3) is 0 Å². The molecular formula is C29H34N2O3S. The van der Waals surface area contributed by atoms with Crippen LogP contribution in [0.4, 0.5) is 5.69 Å². The van der Waals surface area contributed by atoms with E-state index >= 15 is 0 Å². The second-order valence-corrected chi connectivity index (χ2v) is 9.31. The molecule has 5 nitrogen and oxygen atoms in total. The number of aryl methyl sites for hydroxylation is 3. The van der Waals surface area contributed by atoms with Crippen molar-refractivity contribution >= 4 is 23.0 Å². The Morgan fingerprint density at radius 3 is 2.40 bits per heavy atom. The molecule has 1 aliphatic rings. The molecule has 0 radical (unpaired) electrons. The Hall–Kier alpha value is -3.25. The lowest BCUT2D eigenvalue weighted by Crippen LogP contribution is -2.44. The summed E-state index contributed by atoms with van der Waals surface area (Å²) >= 11 is 5.94. The topological polar surface area (TPSA) is 43.0 Å². The van der Waals surface area contributed by atoms with E-state index in [4.69, 9.17) is 26.4 Å². The van der Waals surface area contributed by atoms with Gasteiger partial charge in [0, 0.05) is 12.2 Å². The highest BCUT2D eigenvalue weighted by Gasteiger charge is 2.31. The van der Waals surface area contributed by atoms with E-state index in [0.29, 0.717) is 17.5 Å². The first-order valence-corrected chi connectivity index (χ1v) is 12.5. The van der Waals surface area contributed by atoms with Gasteiger partial charge in [0.2, 0.25) is 0 Å². The first kappa shape index (κ1) is 24.9. The van der Waals surface area contributed by atoms with Crippen LogP contribution in [-0.2, 0) is 12.8 Å². The highest BCUT2D eigenvalue weighted by Crippen LogP contribution is 2.39. The van der Waals surface area contributed by atoms with Crippen LogP contribution in [0.25, 0.3) is 0 Å². The third-order valence-corrected chi connectivity index (χ3v) is 6.97. The lowest BCUT2D eigenvalue weighted by Gasteiger charge is -2.39. The summed E-state index contributed by atoms with van der Waals surface area (Å²) in [4.78, 5) is 2.23. The second kappa shape index (κ2) is 11.0. The minimum atomic E-state index is -0.0745. The first-order valence-electron chi connectivity index (χ1n) is 12.0. The van der Waals surface area contributed by atoms with Gasteiger partial charge in [-0.15, -0.1) is 0 Å². The van der Waals surface area contributed by atoms with Gasteiger partial charge in [0.1, 0.15) is 12.4 Å². The average Bonchev–Trinajstić information content (AvgIpc) is 2.88. The molecule has 0 saturated heterocycles. The summed E-state index contributed by atoms with van der Waals surface area (Å²) < 4.78 is 17.5. The molecular weight excluding hydrogens is 456 g/mol. The summed E-state index contributed by atoms with van der Waals surface area (Å²) in [5.41, 5.74) is 7.04. The van der Waals surface area contributed by atoms with Crippen molar-refractivity contribution in [1.82, 2.24) is 4.90 Å². The van der Waals surface area contributed by atoms with Crippen LogP contribution < -0.4 is 19.5 Å². The highest BCUT2D eigenvalue weighted by molar-refractivity contribution is 7.80. The van der Waals surface area contributed by atoms with Crippen LogP contribution >= 0.6 is 12.2 Å². The quantitative estimate of drug-likeness (QED) is 0.395. The Kier molecular flexibility index (Phi) is 7.81. The number of hydrogen-bond donors (Lipinski definition) is 1. The largest absolute Gasteiger partial charge is 0.493 e. The Bertz CT molecular complexity index is 1190. The van der Waals surface area contributed by atoms with Crippen LogP contribution in [0.5, 0.6) is 17.2 Å². The molecule has 0 bridgehead atoms. The van der Waals surface area contributed by atoms with Crippen molar-refractivity contribution in [2.24, 2.45) is 0 Å². The Labute approximate surface area is 214 Å². The van der Waals surface area contributed by atoms with Gasteiger partial charge in [-0.3, -0.25) is 0 Å². The minimum absolute atomic E-state index is 0.0745. The fraction of sp³-hybridized carbons (Fsp3) is 0.345. The van der Waals surface area contributed by atoms with E-state index in [1.54, 1.807) is 14.2 Å². The molecule has 6 heteroatoms. The molecule has 1 aliphatic heterocycles. The number of thiocarbonyl (C=S) groups is 1. The van der Waals surface area contributed by atoms with E-state index in [1.807, 2.05) is 12.1 Å². The third kappa shape index (κ3) is 5.54. The Morgan fingerprint density at radius 2 is 1.71 bits per heavy atom. The fourth-order valence-electron chi connectivity index (χ4n) is 4.51. The monoisotopic (exact) mass is 490 g/mol. The van der Waals surface area contributed by atoms with Crippen LogP contribution in [0.2, 0.25) is 0 Å². The first-order chi connectivity index (χ1) is 16.9. The number of nitrogens with zero attached hydrogens (tertiary/aromatic N) is 1. The fourth-order valence-corrected chi connectivity index (χ4v) is 4.83. The van der Waals surface area contributed by atoms with E-state index in [-0.39, 0.29) is 6.04 Å². The number of benzene rings is 3. The Balaban J connectivity index is 1.65. The third-order valence-electron chi connectivity index (χ3n) is 6.64. The molecule has 3 aromatic carbocycles. The number of nitrogens with one attached hydrogen (secondary N) is 1. The van der Waals surface area contributed by atoms with Crippen molar-refractivity contribution in [3.63, 3.8) is 0 Å². The van der Waals surface area contributed by atoms with Gasteiger partial charge in [-0.05, 0) is 97.1 Å². The number of anilines is 1. The predicted octanol–water partition coefficient (Wildman–Crippen LogP) is 6.26. The predicted molar refractivity (Wildman–Crippen MR) is 146 cm³/mol. The normalized spacial score (nSPS) is 14.8. The van der Waals surface area contributed by atoms with Gasteiger partial charge in [0.15, 0.2) is 16.6 Å². The standard InChI is InChI=1S/C29H34N2O3S/c1-6-21-9-11-23(12-10-21)34-18-26-24-17-28(33-5)27(32-4)16-22(24)13-14-31(26)29(35)30-25-15-19(2)7-8-20(25)3/h7-12,15-17,26H,6,13-14,18H2,1-5H3,(H,30,35). The SMILES string of the molecule is CCc1ccc(OCC2c3cc(OC)c(OC)cc3CCN2C(=S)Nc2cc(C)ccc2C)cc1. The zero-order valence-corrected chi connectivity index (χ0v) is 22.0. The minimum Gasteiger partial charge on any atom is -0.493 e. The molecule has 1 atom stereocenters. The lowest BCUT2D eigenvalue weighted by atomic mass is 9.92. The molecule has 1 N–H and O–H groups in total. The maximum absolute atomic E-state index is 6.30. The molecule has 1 unspecified atom stereocenters. The van der Waals surface area contributed by atoms with Gasteiger partial charge < -0.3 is 24.4 Å². The van der Waals surface area contributed by atoms with Gasteiger partial charge >= 0.3 is 0 Å². The van der Waals surface area contributed by atoms with Crippen molar-refractivity contribution < 1.29 is 14.2 Å². The van der Waals surface area contributed by atoms with Crippen LogP contribution in [0.1, 0.15) is 40.8 Å². The molecule has 0 fully saturated rings. The van der Waals surface area contributed by atoms with Crippen molar-refractivity contribution in [2.45, 2.75) is 39.7 Å². The van der Waals surface area contributed by atoms with E-state index < -0.39 is 0 Å². The van der Waals surface area contributed by atoms with Crippen molar-refractivity contribution in [3.8, 4) is 17.2 Å². The number of fused-ring (bicyclic) bond motifs is 1. The van der Waals surface area contributed by atoms with Crippen LogP contribution in [0, 0.1) is 13.8 Å². The van der Waals surface area contributed by atoms with Crippen LogP contribution in [-0.4, -0.2) is 37.4 Å². The summed E-state index contributed by atoms with van der Waals surface area (Å²) in [6, 6.07) is 18.7. The van der Waals surface area contributed by atoms with Gasteiger partial charge in [-0.1, -0.05) is 31.2 Å². The average molecular weight is 491 g/mol. The van der Waals surface area contributed by atoms with Gasteiger partial charge in [0.05, 0.1) is 20.3 Å². The summed E-state index contributed by atoms with van der Waals surface area (Å²) in [6.07, 6.45) is 1.86. The zero-order valence-electron chi connectivity index (χ0n) is 21.2. The number of rotatable bonds is 7. The smallest absolute Gasteiger partial charge is 0.174 e. The van der Waals surface area contributed by atoms with Crippen LogP contribution in [0.15, 0.2) is 54.6 Å². The maximum atomic E-state index is 6.30. The Morgan fingerprint density at radius 1 is 1.00 bits per heavy atom. The molecule has 3 aromatic rings. The molecule has 0 amide bonds. The van der Waals surface area contributed by atoms with Gasteiger partial charge in [-0.2, -0.15) is 0 Å². The van der Waals surface area contributed by atoms with E-state index in [2.05, 4.69) is 73.5 Å². The molecule has 0 spiro atoms. The molecule has 1 heterocycles. The van der Waals surface area contributed by atoms with Gasteiger partial charge in [-0.25, -0.2) is 0 Å². The van der Waals surface area contributed by atoms with Crippen molar-refractivity contribution in [2.75, 3.05) is 32.7 Å². The molecule has 35 heavy (non-hydrogen) atoms. The van der Waals surface area contributed by atoms with E-state index in [9.17, 15) is 0 Å².